The summed E-state index contributed by atoms with van der Waals surface area (Å²) < 4.78 is 49.3. The van der Waals surface area contributed by atoms with Crippen LogP contribution in [0.2, 0.25) is 0 Å². The number of carbonyl (C=O) groups is 2. The fourth-order valence-corrected chi connectivity index (χ4v) is 8.39. The van der Waals surface area contributed by atoms with E-state index in [0.29, 0.717) is 32.1 Å². The summed E-state index contributed by atoms with van der Waals surface area (Å²) in [5.41, 5.74) is 0. The maximum absolute atomic E-state index is 13.0. The van der Waals surface area contributed by atoms with Crippen LogP contribution in [-0.2, 0) is 41.8 Å². The Morgan fingerprint density at radius 3 is 1.67 bits per heavy atom. The Morgan fingerprint density at radius 2 is 1.06 bits per heavy atom. The van der Waals surface area contributed by atoms with Crippen LogP contribution in [0.4, 0.5) is 0 Å². The average molecular weight is 1030 g/mol. The minimum Gasteiger partial charge on any atom is -0.462 e. The van der Waals surface area contributed by atoms with Crippen molar-refractivity contribution < 1.29 is 82.0 Å². The van der Waals surface area contributed by atoms with Gasteiger partial charge in [-0.1, -0.05) is 150 Å². The van der Waals surface area contributed by atoms with Gasteiger partial charge in [-0.05, 0) is 83.5 Å². The number of unbranched alkanes of at least 4 members (excludes halogenated alkanes) is 10. The van der Waals surface area contributed by atoms with Crippen LogP contribution in [0, 0.1) is 0 Å². The van der Waals surface area contributed by atoms with E-state index in [1.165, 1.54) is 12.8 Å². The van der Waals surface area contributed by atoms with Crippen LogP contribution in [0.1, 0.15) is 149 Å². The van der Waals surface area contributed by atoms with E-state index in [2.05, 4.69) is 73.1 Å². The molecule has 9 atom stereocenters. The van der Waals surface area contributed by atoms with Crippen molar-refractivity contribution in [2.75, 3.05) is 13.2 Å². The lowest BCUT2D eigenvalue weighted by Crippen LogP contribution is -2.64. The molecule has 0 aromatic heterocycles. The number of allylic oxidation sites excluding steroid dienone is 14. The van der Waals surface area contributed by atoms with E-state index in [-0.39, 0.29) is 12.8 Å². The highest BCUT2D eigenvalue weighted by Crippen LogP contribution is 2.49. The lowest BCUT2D eigenvalue weighted by Gasteiger charge is -2.43. The molecule has 400 valence electrons. The number of phosphoric acid groups is 2. The van der Waals surface area contributed by atoms with Crippen molar-refractivity contribution in [3.05, 3.63) is 97.2 Å². The first-order chi connectivity index (χ1) is 33.5. The number of carbonyl (C=O) groups excluding carboxylic acids is 2. The number of aliphatic hydroxyl groups excluding tert-OH is 5. The molecule has 17 nitrogen and oxygen atoms in total. The van der Waals surface area contributed by atoms with Crippen molar-refractivity contribution in [2.45, 2.75) is 198 Å². The molecule has 0 heterocycles. The normalized spacial score (nSPS) is 22.3. The zero-order valence-corrected chi connectivity index (χ0v) is 43.1. The first kappa shape index (κ1) is 64.9. The molecule has 0 aromatic rings. The molecule has 1 rings (SSSR count). The van der Waals surface area contributed by atoms with Crippen LogP contribution < -0.4 is 0 Å². The zero-order chi connectivity index (χ0) is 51.9. The molecule has 0 spiro atoms. The fraction of sp³-hybridized carbons (Fsp3) is 0.647. The topological polar surface area (TPSA) is 276 Å². The van der Waals surface area contributed by atoms with Crippen LogP contribution in [0.3, 0.4) is 0 Å². The second kappa shape index (κ2) is 40.4. The van der Waals surface area contributed by atoms with E-state index in [9.17, 15) is 58.9 Å². The number of hydrogen-bond acceptors (Lipinski definition) is 14. The summed E-state index contributed by atoms with van der Waals surface area (Å²) >= 11 is 0. The van der Waals surface area contributed by atoms with Gasteiger partial charge in [0.15, 0.2) is 6.10 Å². The third-order valence-electron chi connectivity index (χ3n) is 10.7. The minimum absolute atomic E-state index is 0.00180. The van der Waals surface area contributed by atoms with Crippen LogP contribution in [-0.4, -0.2) is 114 Å². The van der Waals surface area contributed by atoms with Crippen LogP contribution in [0.25, 0.3) is 0 Å². The smallest absolute Gasteiger partial charge is 0.462 e. The molecule has 1 saturated carbocycles. The molecule has 70 heavy (non-hydrogen) atoms. The van der Waals surface area contributed by atoms with Gasteiger partial charge in [0, 0.05) is 12.8 Å². The summed E-state index contributed by atoms with van der Waals surface area (Å²) in [6.07, 6.45) is 33.7. The van der Waals surface area contributed by atoms with Crippen molar-refractivity contribution in [3.8, 4) is 0 Å². The molecular weight excluding hydrogens is 946 g/mol. The Bertz CT molecular complexity index is 1730. The summed E-state index contributed by atoms with van der Waals surface area (Å²) in [4.78, 5) is 54.4. The highest BCUT2D eigenvalue weighted by molar-refractivity contribution is 7.47. The Morgan fingerprint density at radius 1 is 0.543 bits per heavy atom. The molecule has 8 N–H and O–H groups in total. The third kappa shape index (κ3) is 34.3. The Hall–Kier alpha value is -3.12. The van der Waals surface area contributed by atoms with Crippen molar-refractivity contribution in [2.24, 2.45) is 0 Å². The second-order valence-corrected chi connectivity index (χ2v) is 19.6. The summed E-state index contributed by atoms with van der Waals surface area (Å²) in [5.74, 6) is -1.34. The lowest BCUT2D eigenvalue weighted by atomic mass is 9.85. The second-order valence-electron chi connectivity index (χ2n) is 17.0. The van der Waals surface area contributed by atoms with Gasteiger partial charge in [-0.3, -0.25) is 23.2 Å². The first-order valence-electron chi connectivity index (χ1n) is 24.9. The largest absolute Gasteiger partial charge is 0.472 e. The van der Waals surface area contributed by atoms with Crippen molar-refractivity contribution in [3.63, 3.8) is 0 Å². The Balaban J connectivity index is 2.64. The molecular formula is C51H84O17P2. The number of aliphatic hydroxyl groups is 5. The predicted octanol–water partition coefficient (Wildman–Crippen LogP) is 8.92. The molecule has 0 saturated heterocycles. The van der Waals surface area contributed by atoms with Gasteiger partial charge in [0.2, 0.25) is 0 Å². The van der Waals surface area contributed by atoms with E-state index in [1.54, 1.807) is 6.08 Å². The van der Waals surface area contributed by atoms with Gasteiger partial charge in [-0.2, -0.15) is 0 Å². The van der Waals surface area contributed by atoms with E-state index in [0.717, 1.165) is 77.0 Å². The highest BCUT2D eigenvalue weighted by Gasteiger charge is 2.54. The number of phosphoric ester groups is 2. The molecule has 1 fully saturated rings. The van der Waals surface area contributed by atoms with Crippen LogP contribution >= 0.6 is 15.6 Å². The quantitative estimate of drug-likeness (QED) is 0.00935. The molecule has 0 radical (unpaired) electrons. The van der Waals surface area contributed by atoms with Gasteiger partial charge in [0.25, 0.3) is 0 Å². The van der Waals surface area contributed by atoms with Gasteiger partial charge in [-0.25, -0.2) is 9.13 Å². The fourth-order valence-electron chi connectivity index (χ4n) is 6.85. The lowest BCUT2D eigenvalue weighted by molar-refractivity contribution is -0.216. The number of ether oxygens (including phenoxy) is 2. The van der Waals surface area contributed by atoms with Crippen molar-refractivity contribution in [1.82, 2.24) is 0 Å². The standard InChI is InChI=1S/C51H84O17P2/c1-3-5-7-9-11-12-13-14-15-16-17-18-19-20-21-22-26-31-35-39-45(54)66-43(41-65-70(62,63)68-51-48(57)46(55)47(56)50(49(51)58)67-69(59,60)61)40-64-44(53)38-34-30-27-23-25-29-33-37-42(52)36-32-28-24-10-8-6-4-2/h5,7,11-12,14-15,17-18,23-24,27-29,32-33,36,42-43,46-52,55-58H,3-4,6,8-10,13,16,19-22,25-26,30-31,34-35,37-41H2,1-2H3,(H,62,63)(H2,59,60,61)/b7-5-,12-11-,15-14-,18-17-,27-23+,28-24-,33-29-,36-32-/t42-,43-,46?,47?,48?,49?,50-,51+/m1/s1. The van der Waals surface area contributed by atoms with E-state index < -0.39 is 89.6 Å². The summed E-state index contributed by atoms with van der Waals surface area (Å²) in [7, 11) is -10.7. The number of rotatable bonds is 40. The minimum atomic E-state index is -5.39. The summed E-state index contributed by atoms with van der Waals surface area (Å²) in [6.45, 7) is 2.83. The molecule has 0 aliphatic heterocycles. The highest BCUT2D eigenvalue weighted by atomic mass is 31.2. The van der Waals surface area contributed by atoms with E-state index >= 15 is 0 Å². The Labute approximate surface area is 416 Å². The molecule has 5 unspecified atom stereocenters. The summed E-state index contributed by atoms with van der Waals surface area (Å²) in [6, 6.07) is 0. The maximum Gasteiger partial charge on any atom is 0.472 e. The van der Waals surface area contributed by atoms with E-state index in [4.69, 9.17) is 18.5 Å². The van der Waals surface area contributed by atoms with Crippen molar-refractivity contribution >= 4 is 27.6 Å². The summed E-state index contributed by atoms with van der Waals surface area (Å²) in [5, 5.41) is 51.4. The van der Waals surface area contributed by atoms with E-state index in [1.807, 2.05) is 36.5 Å². The third-order valence-corrected chi connectivity index (χ3v) is 12.2. The van der Waals surface area contributed by atoms with Gasteiger partial charge in [0.1, 0.15) is 43.2 Å². The number of esters is 2. The molecule has 0 bridgehead atoms. The molecule has 0 aromatic carbocycles. The monoisotopic (exact) mass is 1030 g/mol. The Kier molecular flexibility index (Phi) is 37.4. The van der Waals surface area contributed by atoms with Crippen LogP contribution in [0.5, 0.6) is 0 Å². The molecule has 1 aliphatic rings. The average Bonchev–Trinajstić information content (AvgIpc) is 3.31. The zero-order valence-electron chi connectivity index (χ0n) is 41.3. The van der Waals surface area contributed by atoms with Gasteiger partial charge >= 0.3 is 27.6 Å². The maximum atomic E-state index is 13.0. The molecule has 19 heteroatoms. The van der Waals surface area contributed by atoms with Gasteiger partial charge < -0.3 is 49.7 Å². The number of hydrogen-bond donors (Lipinski definition) is 8. The van der Waals surface area contributed by atoms with Gasteiger partial charge in [-0.15, -0.1) is 0 Å². The molecule has 1 aliphatic carbocycles. The van der Waals surface area contributed by atoms with Gasteiger partial charge in [0.05, 0.1) is 12.7 Å². The first-order valence-corrected chi connectivity index (χ1v) is 27.9. The van der Waals surface area contributed by atoms with Crippen LogP contribution in [0.15, 0.2) is 97.2 Å². The predicted molar refractivity (Wildman–Crippen MR) is 270 cm³/mol. The SMILES string of the molecule is CC/C=C\C/C=C\C/C=C\C/C=C\CCCCCCCCC(=O)O[C@H](COC(=O)CCC/C=C/C/C=C\C[C@H](O)/C=C\C=C/CCCCC)COP(=O)(O)O[C@H]1C(O)C(O)C(O)[C@@H](OP(=O)(O)O)C1O. The van der Waals surface area contributed by atoms with Crippen molar-refractivity contribution in [1.29, 1.82) is 0 Å². The molecule has 0 amide bonds.